The van der Waals surface area contributed by atoms with Crippen LogP contribution in [0.25, 0.3) is 0 Å². The lowest BCUT2D eigenvalue weighted by molar-refractivity contribution is 0.0597. The van der Waals surface area contributed by atoms with Gasteiger partial charge in [-0.3, -0.25) is 9.13 Å². The van der Waals surface area contributed by atoms with Crippen molar-refractivity contribution in [2.45, 2.75) is 45.9 Å². The second-order valence-corrected chi connectivity index (χ2v) is 4.38. The largest absolute Gasteiger partial charge is 0.377 e. The van der Waals surface area contributed by atoms with E-state index in [1.165, 1.54) is 0 Å². The summed E-state index contributed by atoms with van der Waals surface area (Å²) < 4.78 is 8.89. The first kappa shape index (κ1) is 14.0. The number of hydrogen-bond acceptors (Lipinski definition) is 3. The van der Waals surface area contributed by atoms with Gasteiger partial charge in [0.1, 0.15) is 0 Å². The molecule has 1 atom stereocenters. The molecule has 5 heteroatoms. The lowest BCUT2D eigenvalue weighted by Gasteiger charge is -2.14. The van der Waals surface area contributed by atoms with Crippen LogP contribution in [0.3, 0.4) is 0 Å². The molecule has 0 bridgehead atoms. The molecule has 2 N–H and O–H groups in total. The molecular weight excluding hydrogens is 218 g/mol. The molecule has 0 aliphatic rings. The normalized spacial score (nSPS) is 13.2. The van der Waals surface area contributed by atoms with E-state index in [2.05, 4.69) is 0 Å². The van der Waals surface area contributed by atoms with Gasteiger partial charge in [0.25, 0.3) is 0 Å². The minimum Gasteiger partial charge on any atom is -0.377 e. The smallest absolute Gasteiger partial charge is 0.328 e. The van der Waals surface area contributed by atoms with Gasteiger partial charge in [-0.2, -0.15) is 0 Å². The summed E-state index contributed by atoms with van der Waals surface area (Å²) in [6, 6.07) is 0.195. The van der Waals surface area contributed by atoms with Crippen LogP contribution in [0.15, 0.2) is 17.2 Å². The Labute approximate surface area is 102 Å². The van der Waals surface area contributed by atoms with E-state index in [1.54, 1.807) is 9.13 Å². The van der Waals surface area contributed by atoms with E-state index in [0.29, 0.717) is 19.7 Å². The molecule has 0 aliphatic carbocycles. The molecule has 1 aromatic heterocycles. The van der Waals surface area contributed by atoms with Crippen molar-refractivity contribution in [1.29, 1.82) is 0 Å². The number of aromatic nitrogens is 2. The van der Waals surface area contributed by atoms with Crippen molar-refractivity contribution in [3.63, 3.8) is 0 Å². The van der Waals surface area contributed by atoms with Crippen LogP contribution in [0, 0.1) is 0 Å². The molecule has 0 amide bonds. The standard InChI is InChI=1S/C12H23N3O2/c1-4-17-11(9-13)5-6-14-7-8-15(10(2)3)12(14)16/h7-8,10-11H,4-6,9,13H2,1-3H3. The van der Waals surface area contributed by atoms with Gasteiger partial charge in [-0.25, -0.2) is 4.79 Å². The zero-order valence-corrected chi connectivity index (χ0v) is 10.9. The van der Waals surface area contributed by atoms with Gasteiger partial charge in [-0.15, -0.1) is 0 Å². The monoisotopic (exact) mass is 241 g/mol. The minimum absolute atomic E-state index is 0.0345. The van der Waals surface area contributed by atoms with E-state index in [9.17, 15) is 4.79 Å². The molecule has 17 heavy (non-hydrogen) atoms. The second kappa shape index (κ2) is 6.61. The molecule has 5 nitrogen and oxygen atoms in total. The van der Waals surface area contributed by atoms with E-state index in [1.807, 2.05) is 33.2 Å². The summed E-state index contributed by atoms with van der Waals surface area (Å²) in [7, 11) is 0. The fourth-order valence-corrected chi connectivity index (χ4v) is 1.78. The van der Waals surface area contributed by atoms with Crippen molar-refractivity contribution in [1.82, 2.24) is 9.13 Å². The molecule has 1 aromatic rings. The molecular formula is C12H23N3O2. The Morgan fingerprint density at radius 1 is 1.41 bits per heavy atom. The Kier molecular flexibility index (Phi) is 5.44. The van der Waals surface area contributed by atoms with Crippen LogP contribution in [0.5, 0.6) is 0 Å². The van der Waals surface area contributed by atoms with Gasteiger partial charge in [0, 0.05) is 38.1 Å². The van der Waals surface area contributed by atoms with E-state index in [4.69, 9.17) is 10.5 Å². The van der Waals surface area contributed by atoms with Gasteiger partial charge in [-0.05, 0) is 27.2 Å². The number of hydrogen-bond donors (Lipinski definition) is 1. The summed E-state index contributed by atoms with van der Waals surface area (Å²) >= 11 is 0. The number of nitrogens with two attached hydrogens (primary N) is 1. The number of nitrogens with zero attached hydrogens (tertiary/aromatic N) is 2. The summed E-state index contributed by atoms with van der Waals surface area (Å²) in [6.45, 7) is 7.74. The molecule has 0 aliphatic heterocycles. The third kappa shape index (κ3) is 3.71. The molecule has 0 saturated carbocycles. The molecule has 0 saturated heterocycles. The molecule has 0 fully saturated rings. The van der Waals surface area contributed by atoms with Gasteiger partial charge >= 0.3 is 5.69 Å². The maximum absolute atomic E-state index is 11.9. The van der Waals surface area contributed by atoms with E-state index in [0.717, 1.165) is 6.42 Å². The quantitative estimate of drug-likeness (QED) is 0.774. The Hall–Kier alpha value is -1.07. The van der Waals surface area contributed by atoms with Gasteiger partial charge in [-0.1, -0.05) is 0 Å². The summed E-state index contributed by atoms with van der Waals surface area (Å²) in [5.41, 5.74) is 5.63. The van der Waals surface area contributed by atoms with E-state index in [-0.39, 0.29) is 17.8 Å². The SMILES string of the molecule is CCOC(CN)CCn1ccn(C(C)C)c1=O. The zero-order valence-electron chi connectivity index (χ0n) is 10.9. The Bertz CT molecular complexity index is 381. The van der Waals surface area contributed by atoms with Crippen LogP contribution in [0.4, 0.5) is 0 Å². The third-order valence-corrected chi connectivity index (χ3v) is 2.79. The summed E-state index contributed by atoms with van der Waals surface area (Å²) in [5, 5.41) is 0. The van der Waals surface area contributed by atoms with Gasteiger partial charge < -0.3 is 10.5 Å². The molecule has 0 spiro atoms. The van der Waals surface area contributed by atoms with Crippen LogP contribution in [-0.4, -0.2) is 28.4 Å². The maximum Gasteiger partial charge on any atom is 0.328 e. The molecule has 98 valence electrons. The molecule has 0 radical (unpaired) electrons. The highest BCUT2D eigenvalue weighted by Gasteiger charge is 2.09. The lowest BCUT2D eigenvalue weighted by atomic mass is 10.2. The predicted octanol–water partition coefficient (Wildman–Crippen LogP) is 0.985. The van der Waals surface area contributed by atoms with Crippen molar-refractivity contribution in [3.8, 4) is 0 Å². The number of rotatable bonds is 7. The third-order valence-electron chi connectivity index (χ3n) is 2.79. The van der Waals surface area contributed by atoms with Crippen LogP contribution in [0.2, 0.25) is 0 Å². The summed E-state index contributed by atoms with van der Waals surface area (Å²) in [5.74, 6) is 0. The summed E-state index contributed by atoms with van der Waals surface area (Å²) in [4.78, 5) is 11.9. The fourth-order valence-electron chi connectivity index (χ4n) is 1.78. The van der Waals surface area contributed by atoms with Gasteiger partial charge in [0.15, 0.2) is 0 Å². The molecule has 1 heterocycles. The highest BCUT2D eigenvalue weighted by molar-refractivity contribution is 4.84. The van der Waals surface area contributed by atoms with Crippen LogP contribution >= 0.6 is 0 Å². The van der Waals surface area contributed by atoms with E-state index < -0.39 is 0 Å². The van der Waals surface area contributed by atoms with Crippen LogP contribution in [-0.2, 0) is 11.3 Å². The first-order valence-electron chi connectivity index (χ1n) is 6.19. The molecule has 1 rings (SSSR count). The van der Waals surface area contributed by atoms with Crippen molar-refractivity contribution >= 4 is 0 Å². The number of aryl methyl sites for hydroxylation is 1. The Morgan fingerprint density at radius 2 is 2.12 bits per heavy atom. The summed E-state index contributed by atoms with van der Waals surface area (Å²) in [6.07, 6.45) is 4.45. The van der Waals surface area contributed by atoms with Crippen molar-refractivity contribution in [3.05, 3.63) is 22.9 Å². The van der Waals surface area contributed by atoms with Gasteiger partial charge in [0.05, 0.1) is 6.10 Å². The van der Waals surface area contributed by atoms with Gasteiger partial charge in [0.2, 0.25) is 0 Å². The average molecular weight is 241 g/mol. The van der Waals surface area contributed by atoms with E-state index >= 15 is 0 Å². The predicted molar refractivity (Wildman–Crippen MR) is 68.2 cm³/mol. The minimum atomic E-state index is 0.0345. The van der Waals surface area contributed by atoms with Crippen molar-refractivity contribution < 1.29 is 4.74 Å². The maximum atomic E-state index is 11.9. The fraction of sp³-hybridized carbons (Fsp3) is 0.750. The highest BCUT2D eigenvalue weighted by atomic mass is 16.5. The Balaban J connectivity index is 2.60. The molecule has 1 unspecified atom stereocenters. The van der Waals surface area contributed by atoms with Crippen molar-refractivity contribution in [2.24, 2.45) is 5.73 Å². The van der Waals surface area contributed by atoms with Crippen LogP contribution < -0.4 is 11.4 Å². The molecule has 0 aromatic carbocycles. The van der Waals surface area contributed by atoms with Crippen LogP contribution in [0.1, 0.15) is 33.2 Å². The number of ether oxygens (including phenoxy) is 1. The first-order valence-corrected chi connectivity index (χ1v) is 6.19. The second-order valence-electron chi connectivity index (χ2n) is 4.38. The Morgan fingerprint density at radius 3 is 2.59 bits per heavy atom. The number of imidazole rings is 1. The topological polar surface area (TPSA) is 62.2 Å². The lowest BCUT2D eigenvalue weighted by Crippen LogP contribution is -2.29. The highest BCUT2D eigenvalue weighted by Crippen LogP contribution is 2.02. The average Bonchev–Trinajstić information content (AvgIpc) is 2.66. The van der Waals surface area contributed by atoms with Crippen molar-refractivity contribution in [2.75, 3.05) is 13.2 Å². The first-order chi connectivity index (χ1) is 8.10. The zero-order chi connectivity index (χ0) is 12.8.